The van der Waals surface area contributed by atoms with Crippen LogP contribution in [0.3, 0.4) is 0 Å². The van der Waals surface area contributed by atoms with E-state index in [0.717, 1.165) is 0 Å². The molecular weight excluding hydrogens is 244 g/mol. The van der Waals surface area contributed by atoms with Crippen molar-refractivity contribution in [3.05, 3.63) is 58.7 Å². The Bertz CT molecular complexity index is 659. The van der Waals surface area contributed by atoms with E-state index < -0.39 is 6.10 Å². The molecule has 19 heavy (non-hydrogen) atoms. The monoisotopic (exact) mass is 256 g/mol. The van der Waals surface area contributed by atoms with E-state index in [1.54, 1.807) is 18.2 Å². The lowest BCUT2D eigenvalue weighted by molar-refractivity contribution is 0.0748. The lowest BCUT2D eigenvalue weighted by Crippen LogP contribution is -2.31. The number of phenolic OH excluding ortho intramolecular Hbond substituents is 2. The van der Waals surface area contributed by atoms with E-state index in [4.69, 9.17) is 4.74 Å². The molecule has 3 rings (SSSR count). The highest BCUT2D eigenvalue weighted by molar-refractivity contribution is 5.46. The van der Waals surface area contributed by atoms with Gasteiger partial charge in [-0.1, -0.05) is 11.8 Å². The molecule has 3 N–H and O–H groups in total. The summed E-state index contributed by atoms with van der Waals surface area (Å²) in [7, 11) is 0. The molecule has 0 spiro atoms. The normalized spacial score (nSPS) is 24.3. The minimum absolute atomic E-state index is 0.0178. The van der Waals surface area contributed by atoms with Crippen molar-refractivity contribution in [3.8, 4) is 11.5 Å². The zero-order valence-corrected chi connectivity index (χ0v) is 10.00. The smallest absolute Gasteiger partial charge is 0.176 e. The van der Waals surface area contributed by atoms with Crippen LogP contribution in [-0.2, 0) is 4.74 Å². The average molecular weight is 256 g/mol. The van der Waals surface area contributed by atoms with Crippen molar-refractivity contribution in [3.63, 3.8) is 0 Å². The second-order valence-corrected chi connectivity index (χ2v) is 4.49. The van der Waals surface area contributed by atoms with Crippen LogP contribution in [0.4, 0.5) is 0 Å². The van der Waals surface area contributed by atoms with Crippen molar-refractivity contribution in [2.45, 2.75) is 12.0 Å². The van der Waals surface area contributed by atoms with E-state index in [2.05, 4.69) is 11.5 Å². The first-order chi connectivity index (χ1) is 9.16. The van der Waals surface area contributed by atoms with Crippen LogP contribution in [0.25, 0.3) is 0 Å². The Balaban J connectivity index is 1.97. The van der Waals surface area contributed by atoms with Crippen molar-refractivity contribution >= 4 is 0 Å². The predicted molar refractivity (Wildman–Crippen MR) is 67.7 cm³/mol. The molecule has 0 saturated carbocycles. The average Bonchev–Trinajstić information content (AvgIpc) is 2.41. The minimum atomic E-state index is -0.787. The van der Waals surface area contributed by atoms with Gasteiger partial charge in [0, 0.05) is 17.2 Å². The molecule has 1 aromatic rings. The molecule has 0 radical (unpaired) electrons. The third-order valence-corrected chi connectivity index (χ3v) is 3.31. The molecule has 1 aliphatic carbocycles. The van der Waals surface area contributed by atoms with Gasteiger partial charge in [0.15, 0.2) is 5.76 Å². The third-order valence-electron chi connectivity index (χ3n) is 3.31. The van der Waals surface area contributed by atoms with Gasteiger partial charge in [0.25, 0.3) is 0 Å². The summed E-state index contributed by atoms with van der Waals surface area (Å²) >= 11 is 0. The number of aromatic hydroxyl groups is 2. The highest BCUT2D eigenvalue weighted by Crippen LogP contribution is 2.38. The Labute approximate surface area is 109 Å². The number of aliphatic hydroxyl groups excluding tert-OH is 1. The molecule has 4 heteroatoms. The first-order valence-electron chi connectivity index (χ1n) is 5.92. The van der Waals surface area contributed by atoms with Gasteiger partial charge in [-0.05, 0) is 23.9 Å². The van der Waals surface area contributed by atoms with Crippen LogP contribution in [0.5, 0.6) is 11.5 Å². The highest BCUT2D eigenvalue weighted by atomic mass is 16.5. The fourth-order valence-corrected chi connectivity index (χ4v) is 2.33. The molecule has 0 aromatic heterocycles. The molecule has 0 amide bonds. The van der Waals surface area contributed by atoms with E-state index in [-0.39, 0.29) is 24.0 Å². The van der Waals surface area contributed by atoms with E-state index in [9.17, 15) is 15.3 Å². The minimum Gasteiger partial charge on any atom is -0.508 e. The second-order valence-electron chi connectivity index (χ2n) is 4.49. The van der Waals surface area contributed by atoms with Gasteiger partial charge in [-0.15, -0.1) is 0 Å². The van der Waals surface area contributed by atoms with Crippen molar-refractivity contribution in [2.75, 3.05) is 6.61 Å². The van der Waals surface area contributed by atoms with Crippen LogP contribution < -0.4 is 0 Å². The van der Waals surface area contributed by atoms with Crippen LogP contribution >= 0.6 is 0 Å². The van der Waals surface area contributed by atoms with Crippen LogP contribution in [0.1, 0.15) is 11.5 Å². The lowest BCUT2D eigenvalue weighted by Gasteiger charge is -2.32. The van der Waals surface area contributed by atoms with Gasteiger partial charge < -0.3 is 20.1 Å². The molecule has 4 nitrogen and oxygen atoms in total. The number of allylic oxidation sites excluding steroid dienone is 2. The maximum Gasteiger partial charge on any atom is 0.176 e. The summed E-state index contributed by atoms with van der Waals surface area (Å²) in [5, 5.41) is 29.5. The summed E-state index contributed by atoms with van der Waals surface area (Å²) in [6, 6.07) is 4.32. The molecule has 0 bridgehead atoms. The van der Waals surface area contributed by atoms with Gasteiger partial charge >= 0.3 is 0 Å². The summed E-state index contributed by atoms with van der Waals surface area (Å²) in [4.78, 5) is 0. The number of benzene rings is 1. The molecule has 1 aliphatic heterocycles. The molecule has 96 valence electrons. The zero-order valence-electron chi connectivity index (χ0n) is 10.00. The number of aliphatic hydroxyl groups is 1. The number of ether oxygens (including phenoxy) is 1. The van der Waals surface area contributed by atoms with E-state index in [1.165, 1.54) is 12.1 Å². The Hall–Kier alpha value is -2.38. The summed E-state index contributed by atoms with van der Waals surface area (Å²) in [5.41, 5.74) is 6.75. The zero-order chi connectivity index (χ0) is 13.4. The highest BCUT2D eigenvalue weighted by Gasteiger charge is 2.34. The number of fused-ring (bicyclic) bond motifs is 1. The largest absolute Gasteiger partial charge is 0.508 e. The van der Waals surface area contributed by atoms with E-state index in [1.807, 2.05) is 0 Å². The Morgan fingerprint density at radius 1 is 1.26 bits per heavy atom. The molecule has 2 aliphatic rings. The molecule has 2 atom stereocenters. The molecule has 2 unspecified atom stereocenters. The number of phenols is 2. The number of rotatable bonds is 1. The summed E-state index contributed by atoms with van der Waals surface area (Å²) in [6.45, 7) is 0.237. The molecule has 1 aromatic carbocycles. The summed E-state index contributed by atoms with van der Waals surface area (Å²) < 4.78 is 5.53. The number of hydrogen-bond acceptors (Lipinski definition) is 4. The SMILES string of the molecule is Oc1ccc(C2COC3=C=C=CC=C3C2O)c(O)c1. The van der Waals surface area contributed by atoms with Crippen LogP contribution in [0.2, 0.25) is 0 Å². The van der Waals surface area contributed by atoms with Gasteiger partial charge in [0.2, 0.25) is 0 Å². The van der Waals surface area contributed by atoms with Crippen LogP contribution in [0.15, 0.2) is 53.1 Å². The molecule has 1 heterocycles. The molecule has 1 fully saturated rings. The van der Waals surface area contributed by atoms with Crippen molar-refractivity contribution < 1.29 is 20.1 Å². The van der Waals surface area contributed by atoms with Gasteiger partial charge in [-0.2, -0.15) is 0 Å². The summed E-state index contributed by atoms with van der Waals surface area (Å²) in [5.74, 6) is 0.0341. The van der Waals surface area contributed by atoms with Crippen molar-refractivity contribution in [1.82, 2.24) is 0 Å². The van der Waals surface area contributed by atoms with Crippen molar-refractivity contribution in [1.29, 1.82) is 0 Å². The lowest BCUT2D eigenvalue weighted by atomic mass is 9.85. The summed E-state index contributed by atoms with van der Waals surface area (Å²) in [6.07, 6.45) is 2.59. The fraction of sp³-hybridized carbons (Fsp3) is 0.200. The van der Waals surface area contributed by atoms with Gasteiger partial charge in [0.1, 0.15) is 11.5 Å². The predicted octanol–water partition coefficient (Wildman–Crippen LogP) is 1.71. The van der Waals surface area contributed by atoms with E-state index in [0.29, 0.717) is 16.9 Å². The maximum absolute atomic E-state index is 10.4. The fourth-order valence-electron chi connectivity index (χ4n) is 2.33. The van der Waals surface area contributed by atoms with Gasteiger partial charge in [-0.25, -0.2) is 0 Å². The first kappa shape index (κ1) is 11.7. The van der Waals surface area contributed by atoms with Gasteiger partial charge in [-0.3, -0.25) is 0 Å². The van der Waals surface area contributed by atoms with Crippen LogP contribution in [-0.4, -0.2) is 28.0 Å². The van der Waals surface area contributed by atoms with Crippen LogP contribution in [0, 0.1) is 0 Å². The molecule has 1 saturated heterocycles. The Morgan fingerprint density at radius 2 is 2.11 bits per heavy atom. The van der Waals surface area contributed by atoms with E-state index >= 15 is 0 Å². The standard InChI is InChI=1S/C15H12O4/c16-9-5-6-10(13(17)7-9)12-8-19-14-4-2-1-3-11(14)15(12)18/h1,3,5-7,12,15-18H,8H2. The molecular formula is C15H12O4. The Morgan fingerprint density at radius 3 is 2.89 bits per heavy atom. The van der Waals surface area contributed by atoms with Gasteiger partial charge in [0.05, 0.1) is 18.6 Å². The van der Waals surface area contributed by atoms with Crippen molar-refractivity contribution in [2.24, 2.45) is 0 Å². The quantitative estimate of drug-likeness (QED) is 0.669. The maximum atomic E-state index is 10.4. The third kappa shape index (κ3) is 1.94. The Kier molecular flexibility index (Phi) is 2.69. The topological polar surface area (TPSA) is 69.9 Å². The number of hydrogen-bond donors (Lipinski definition) is 3. The second kappa shape index (κ2) is 4.38. The first-order valence-corrected chi connectivity index (χ1v) is 5.92.